The number of benzene rings is 2. The van der Waals surface area contributed by atoms with Gasteiger partial charge in [-0.3, -0.25) is 0 Å². The molecule has 2 aromatic rings. The lowest BCUT2D eigenvalue weighted by molar-refractivity contribution is 0.370. The normalized spacial score (nSPS) is 10.3. The third-order valence-electron chi connectivity index (χ3n) is 3.66. The van der Waals surface area contributed by atoms with Gasteiger partial charge in [0.05, 0.1) is 7.11 Å². The molecule has 0 fully saturated rings. The summed E-state index contributed by atoms with van der Waals surface area (Å²) in [5.74, 6) is 0.691. The number of ether oxygens (including phenoxy) is 1. The summed E-state index contributed by atoms with van der Waals surface area (Å²) < 4.78 is 5.24. The Balaban J connectivity index is 2.14. The summed E-state index contributed by atoms with van der Waals surface area (Å²) in [6.45, 7) is 6.54. The summed E-state index contributed by atoms with van der Waals surface area (Å²) in [4.78, 5) is 0. The maximum Gasteiger partial charge on any atom is 0.161 e. The number of hydrogen-bond acceptors (Lipinski definition) is 3. The fourth-order valence-electron chi connectivity index (χ4n) is 2.36. The number of aromatic hydroxyl groups is 1. The Hall–Kier alpha value is -2.42. The summed E-state index contributed by atoms with van der Waals surface area (Å²) in [6, 6.07) is 12.3. The van der Waals surface area contributed by atoms with Crippen molar-refractivity contribution in [3.63, 3.8) is 0 Å². The van der Waals surface area contributed by atoms with Crippen molar-refractivity contribution in [2.24, 2.45) is 0 Å². The van der Waals surface area contributed by atoms with Crippen LogP contribution in [0.1, 0.15) is 23.6 Å². The average Bonchev–Trinajstić information content (AvgIpc) is 2.56. The lowest BCUT2D eigenvalue weighted by atomic mass is 10.1. The monoisotopic (exact) mass is 297 g/mol. The van der Waals surface area contributed by atoms with Crippen LogP contribution in [-0.4, -0.2) is 12.2 Å². The van der Waals surface area contributed by atoms with Gasteiger partial charge in [-0.1, -0.05) is 25.1 Å². The zero-order valence-electron chi connectivity index (χ0n) is 13.2. The van der Waals surface area contributed by atoms with Crippen molar-refractivity contribution in [2.75, 3.05) is 12.4 Å². The van der Waals surface area contributed by atoms with Crippen LogP contribution in [0.25, 0.3) is 0 Å². The quantitative estimate of drug-likeness (QED) is 0.749. The predicted octanol–water partition coefficient (Wildman–Crippen LogP) is 4.30. The van der Waals surface area contributed by atoms with E-state index in [-0.39, 0.29) is 5.75 Å². The van der Waals surface area contributed by atoms with E-state index in [9.17, 15) is 5.11 Å². The van der Waals surface area contributed by atoms with Crippen molar-refractivity contribution in [3.8, 4) is 11.5 Å². The van der Waals surface area contributed by atoms with Crippen LogP contribution in [-0.2, 0) is 19.4 Å². The van der Waals surface area contributed by atoms with Crippen molar-refractivity contribution in [2.45, 2.75) is 26.3 Å². The average molecular weight is 297 g/mol. The first-order chi connectivity index (χ1) is 10.7. The molecule has 0 spiro atoms. The fourth-order valence-corrected chi connectivity index (χ4v) is 2.36. The molecule has 116 valence electrons. The Morgan fingerprint density at radius 1 is 1.18 bits per heavy atom. The minimum Gasteiger partial charge on any atom is -0.504 e. The number of rotatable bonds is 7. The van der Waals surface area contributed by atoms with Crippen LogP contribution in [0.5, 0.6) is 11.5 Å². The standard InChI is InChI=1S/C19H23NO2/c1-4-6-16-11-15(12-18(22-3)19(16)21)13-20-17-9-7-14(5-2)8-10-17/h4,7-12,20-21H,1,5-6,13H2,2-3H3. The summed E-state index contributed by atoms with van der Waals surface area (Å²) in [6.07, 6.45) is 3.43. The first-order valence-electron chi connectivity index (χ1n) is 7.50. The smallest absolute Gasteiger partial charge is 0.161 e. The number of hydrogen-bond donors (Lipinski definition) is 2. The van der Waals surface area contributed by atoms with E-state index in [1.165, 1.54) is 5.56 Å². The van der Waals surface area contributed by atoms with Crippen LogP contribution < -0.4 is 10.1 Å². The van der Waals surface area contributed by atoms with Crippen LogP contribution in [0.2, 0.25) is 0 Å². The van der Waals surface area contributed by atoms with E-state index in [0.717, 1.165) is 23.2 Å². The van der Waals surface area contributed by atoms with Gasteiger partial charge in [-0.25, -0.2) is 0 Å². The molecule has 0 aliphatic heterocycles. The first kappa shape index (κ1) is 16.0. The summed E-state index contributed by atoms with van der Waals surface area (Å²) in [5.41, 5.74) is 4.29. The van der Waals surface area contributed by atoms with Gasteiger partial charge >= 0.3 is 0 Å². The van der Waals surface area contributed by atoms with E-state index in [2.05, 4.69) is 43.1 Å². The highest BCUT2D eigenvalue weighted by atomic mass is 16.5. The fraction of sp³-hybridized carbons (Fsp3) is 0.263. The largest absolute Gasteiger partial charge is 0.504 e. The van der Waals surface area contributed by atoms with Gasteiger partial charge in [-0.05, 0) is 48.2 Å². The lowest BCUT2D eigenvalue weighted by Crippen LogP contribution is -2.01. The first-order valence-corrected chi connectivity index (χ1v) is 7.50. The van der Waals surface area contributed by atoms with Gasteiger partial charge in [0, 0.05) is 17.8 Å². The van der Waals surface area contributed by atoms with Crippen molar-refractivity contribution >= 4 is 5.69 Å². The third-order valence-corrected chi connectivity index (χ3v) is 3.66. The molecule has 0 bridgehead atoms. The van der Waals surface area contributed by atoms with Crippen LogP contribution in [0, 0.1) is 0 Å². The number of aryl methyl sites for hydroxylation is 1. The third kappa shape index (κ3) is 3.82. The van der Waals surface area contributed by atoms with Crippen molar-refractivity contribution in [1.82, 2.24) is 0 Å². The number of anilines is 1. The van der Waals surface area contributed by atoms with Gasteiger partial charge in [-0.2, -0.15) is 0 Å². The molecule has 0 saturated heterocycles. The molecule has 0 atom stereocenters. The molecule has 0 amide bonds. The van der Waals surface area contributed by atoms with E-state index in [4.69, 9.17) is 4.74 Å². The summed E-state index contributed by atoms with van der Waals surface area (Å²) >= 11 is 0. The Bertz CT molecular complexity index is 633. The number of allylic oxidation sites excluding steroid dienone is 1. The Morgan fingerprint density at radius 2 is 1.91 bits per heavy atom. The molecule has 0 heterocycles. The molecule has 2 N–H and O–H groups in total. The van der Waals surface area contributed by atoms with Gasteiger partial charge in [0.15, 0.2) is 11.5 Å². The van der Waals surface area contributed by atoms with Crippen LogP contribution in [0.4, 0.5) is 5.69 Å². The van der Waals surface area contributed by atoms with Crippen molar-refractivity contribution in [1.29, 1.82) is 0 Å². The maximum atomic E-state index is 10.1. The maximum absolute atomic E-state index is 10.1. The van der Waals surface area contributed by atoms with E-state index in [0.29, 0.717) is 18.7 Å². The molecule has 22 heavy (non-hydrogen) atoms. The second-order valence-corrected chi connectivity index (χ2v) is 5.20. The molecule has 0 aliphatic rings. The predicted molar refractivity (Wildman–Crippen MR) is 91.7 cm³/mol. The van der Waals surface area contributed by atoms with E-state index < -0.39 is 0 Å². The highest BCUT2D eigenvalue weighted by Crippen LogP contribution is 2.32. The molecular formula is C19H23NO2. The Kier molecular flexibility index (Phi) is 5.48. The minimum absolute atomic E-state index is 0.193. The van der Waals surface area contributed by atoms with Crippen LogP contribution in [0.15, 0.2) is 49.1 Å². The zero-order chi connectivity index (χ0) is 15.9. The molecule has 3 nitrogen and oxygen atoms in total. The number of methoxy groups -OCH3 is 1. The van der Waals surface area contributed by atoms with Gasteiger partial charge in [-0.15, -0.1) is 6.58 Å². The van der Waals surface area contributed by atoms with Gasteiger partial charge < -0.3 is 15.2 Å². The number of phenols is 1. The molecule has 0 unspecified atom stereocenters. The Labute approximate surface area is 132 Å². The van der Waals surface area contributed by atoms with Crippen molar-refractivity contribution < 1.29 is 9.84 Å². The van der Waals surface area contributed by atoms with Crippen LogP contribution in [0.3, 0.4) is 0 Å². The molecule has 0 aliphatic carbocycles. The van der Waals surface area contributed by atoms with E-state index in [1.54, 1.807) is 13.2 Å². The summed E-state index contributed by atoms with van der Waals surface area (Å²) in [5, 5.41) is 13.5. The number of phenolic OH excluding ortho intramolecular Hbond substituents is 1. The topological polar surface area (TPSA) is 41.5 Å². The second-order valence-electron chi connectivity index (χ2n) is 5.20. The van der Waals surface area contributed by atoms with Crippen molar-refractivity contribution in [3.05, 3.63) is 65.7 Å². The highest BCUT2D eigenvalue weighted by Gasteiger charge is 2.09. The minimum atomic E-state index is 0.193. The van der Waals surface area contributed by atoms with E-state index >= 15 is 0 Å². The molecule has 0 radical (unpaired) electrons. The van der Waals surface area contributed by atoms with Gasteiger partial charge in [0.1, 0.15) is 0 Å². The SMILES string of the molecule is C=CCc1cc(CNc2ccc(CC)cc2)cc(OC)c1O. The zero-order valence-corrected chi connectivity index (χ0v) is 13.2. The molecule has 0 saturated carbocycles. The van der Waals surface area contributed by atoms with Gasteiger partial charge in [0.2, 0.25) is 0 Å². The number of nitrogens with one attached hydrogen (secondary N) is 1. The highest BCUT2D eigenvalue weighted by molar-refractivity contribution is 5.51. The lowest BCUT2D eigenvalue weighted by Gasteiger charge is -2.13. The molecule has 0 aromatic heterocycles. The second kappa shape index (κ2) is 7.55. The molecule has 2 aromatic carbocycles. The molecular weight excluding hydrogens is 274 g/mol. The van der Waals surface area contributed by atoms with Gasteiger partial charge in [0.25, 0.3) is 0 Å². The van der Waals surface area contributed by atoms with Crippen LogP contribution >= 0.6 is 0 Å². The summed E-state index contributed by atoms with van der Waals surface area (Å²) in [7, 11) is 1.56. The Morgan fingerprint density at radius 3 is 2.50 bits per heavy atom. The van der Waals surface area contributed by atoms with E-state index in [1.807, 2.05) is 12.1 Å². The molecule has 3 heteroatoms. The molecule has 2 rings (SSSR count).